The molecular weight excluding hydrogens is 204 g/mol. The number of hydrazine groups is 1. The van der Waals surface area contributed by atoms with Gasteiger partial charge in [0.25, 0.3) is 0 Å². The van der Waals surface area contributed by atoms with Crippen LogP contribution in [0.3, 0.4) is 0 Å². The van der Waals surface area contributed by atoms with Crippen LogP contribution in [0, 0.1) is 6.92 Å². The van der Waals surface area contributed by atoms with Crippen LogP contribution in [0.5, 0.6) is 0 Å². The van der Waals surface area contributed by atoms with Gasteiger partial charge < -0.3 is 10.5 Å². The van der Waals surface area contributed by atoms with Gasteiger partial charge in [0, 0.05) is 18.4 Å². The topological polar surface area (TPSA) is 86.2 Å². The molecule has 16 heavy (non-hydrogen) atoms. The lowest BCUT2D eigenvalue weighted by Crippen LogP contribution is -2.32. The van der Waals surface area contributed by atoms with E-state index < -0.39 is 0 Å². The Kier molecular flexibility index (Phi) is 5.18. The van der Waals surface area contributed by atoms with Gasteiger partial charge >= 0.3 is 0 Å². The minimum atomic E-state index is -0.111. The van der Waals surface area contributed by atoms with Gasteiger partial charge in [-0.3, -0.25) is 11.3 Å². The molecular formula is C11H20N4O. The monoisotopic (exact) mass is 224 g/mol. The van der Waals surface area contributed by atoms with Crippen LogP contribution in [0.25, 0.3) is 0 Å². The third-order valence-corrected chi connectivity index (χ3v) is 2.42. The van der Waals surface area contributed by atoms with Crippen molar-refractivity contribution in [2.75, 3.05) is 18.9 Å². The lowest BCUT2D eigenvalue weighted by molar-refractivity contribution is 0.112. The van der Waals surface area contributed by atoms with Crippen molar-refractivity contribution in [2.45, 2.75) is 26.3 Å². The third kappa shape index (κ3) is 3.16. The van der Waals surface area contributed by atoms with Crippen molar-refractivity contribution >= 4 is 5.82 Å². The van der Waals surface area contributed by atoms with Gasteiger partial charge in [-0.25, -0.2) is 4.98 Å². The van der Waals surface area contributed by atoms with Gasteiger partial charge in [0.2, 0.25) is 0 Å². The summed E-state index contributed by atoms with van der Waals surface area (Å²) in [4.78, 5) is 4.06. The van der Waals surface area contributed by atoms with Crippen molar-refractivity contribution in [3.63, 3.8) is 0 Å². The molecule has 1 heterocycles. The van der Waals surface area contributed by atoms with Crippen molar-refractivity contribution < 1.29 is 4.74 Å². The van der Waals surface area contributed by atoms with Crippen molar-refractivity contribution in [2.24, 2.45) is 5.84 Å². The molecule has 1 aromatic heterocycles. The predicted molar refractivity (Wildman–Crippen MR) is 64.6 cm³/mol. The average molecular weight is 224 g/mol. The highest BCUT2D eigenvalue weighted by molar-refractivity contribution is 5.46. The number of nitrogens with one attached hydrogen (secondary N) is 1. The Morgan fingerprint density at radius 1 is 1.56 bits per heavy atom. The molecule has 0 spiro atoms. The molecule has 0 aromatic carbocycles. The second kappa shape index (κ2) is 6.42. The van der Waals surface area contributed by atoms with Crippen LogP contribution >= 0.6 is 0 Å². The fourth-order valence-corrected chi connectivity index (χ4v) is 1.60. The van der Waals surface area contributed by atoms with E-state index in [2.05, 4.69) is 17.3 Å². The van der Waals surface area contributed by atoms with E-state index in [1.807, 2.05) is 13.0 Å². The van der Waals surface area contributed by atoms with E-state index in [0.29, 0.717) is 12.4 Å². The van der Waals surface area contributed by atoms with Crippen LogP contribution in [0.1, 0.15) is 30.5 Å². The molecule has 0 aliphatic rings. The third-order valence-electron chi connectivity index (χ3n) is 2.42. The summed E-state index contributed by atoms with van der Waals surface area (Å²) in [5.41, 5.74) is 10.5. The summed E-state index contributed by atoms with van der Waals surface area (Å²) < 4.78 is 5.47. The zero-order chi connectivity index (χ0) is 12.0. The van der Waals surface area contributed by atoms with Crippen molar-refractivity contribution in [1.82, 2.24) is 10.4 Å². The first-order chi connectivity index (χ1) is 7.70. The lowest BCUT2D eigenvalue weighted by Gasteiger charge is -2.19. The number of nitrogens with two attached hydrogens (primary N) is 2. The molecule has 5 nitrogen and oxygen atoms in total. The van der Waals surface area contributed by atoms with Gasteiger partial charge in [-0.2, -0.15) is 0 Å². The van der Waals surface area contributed by atoms with Crippen LogP contribution in [0.15, 0.2) is 12.3 Å². The number of rotatable bonds is 6. The number of nitrogen functional groups attached to an aromatic ring is 1. The van der Waals surface area contributed by atoms with E-state index in [1.165, 1.54) is 0 Å². The Bertz CT molecular complexity index is 310. The number of hydrogen-bond donors (Lipinski definition) is 3. The molecule has 0 aliphatic heterocycles. The maximum Gasteiger partial charge on any atom is 0.128 e. The van der Waals surface area contributed by atoms with E-state index in [4.69, 9.17) is 16.3 Å². The molecule has 1 unspecified atom stereocenters. The quantitative estimate of drug-likeness (QED) is 0.380. The Hall–Kier alpha value is -1.17. The molecule has 0 radical (unpaired) electrons. The molecule has 90 valence electrons. The van der Waals surface area contributed by atoms with E-state index in [1.54, 1.807) is 6.20 Å². The smallest absolute Gasteiger partial charge is 0.128 e. The second-order valence-electron chi connectivity index (χ2n) is 3.72. The highest BCUT2D eigenvalue weighted by Crippen LogP contribution is 2.22. The van der Waals surface area contributed by atoms with Crippen LogP contribution in [0.4, 0.5) is 5.82 Å². The summed E-state index contributed by atoms with van der Waals surface area (Å²) in [5.74, 6) is 6.01. The largest absolute Gasteiger partial charge is 0.383 e. The lowest BCUT2D eigenvalue weighted by atomic mass is 10.0. The van der Waals surface area contributed by atoms with E-state index in [9.17, 15) is 0 Å². The fraction of sp³-hybridized carbons (Fsp3) is 0.545. The summed E-state index contributed by atoms with van der Waals surface area (Å²) >= 11 is 0. The highest BCUT2D eigenvalue weighted by atomic mass is 16.5. The maximum atomic E-state index is 5.84. The zero-order valence-corrected chi connectivity index (χ0v) is 9.86. The van der Waals surface area contributed by atoms with E-state index >= 15 is 0 Å². The fourth-order valence-electron chi connectivity index (χ4n) is 1.60. The first kappa shape index (κ1) is 12.9. The van der Waals surface area contributed by atoms with Crippen LogP contribution in [-0.2, 0) is 4.74 Å². The molecule has 0 saturated heterocycles. The van der Waals surface area contributed by atoms with Crippen LogP contribution in [-0.4, -0.2) is 18.2 Å². The summed E-state index contributed by atoms with van der Waals surface area (Å²) in [6.07, 6.45) is 2.67. The molecule has 1 rings (SSSR count). The number of anilines is 1. The van der Waals surface area contributed by atoms with E-state index in [0.717, 1.165) is 24.2 Å². The predicted octanol–water partition coefficient (Wildman–Crippen LogP) is 0.903. The average Bonchev–Trinajstić information content (AvgIpc) is 2.26. The summed E-state index contributed by atoms with van der Waals surface area (Å²) in [6.45, 7) is 5.27. The molecule has 0 fully saturated rings. The molecule has 0 bridgehead atoms. The van der Waals surface area contributed by atoms with Gasteiger partial charge in [-0.15, -0.1) is 0 Å². The molecule has 5 N–H and O–H groups in total. The normalized spacial score (nSPS) is 12.7. The van der Waals surface area contributed by atoms with Crippen molar-refractivity contribution in [3.05, 3.63) is 23.4 Å². The number of hydrogen-bond acceptors (Lipinski definition) is 5. The minimum Gasteiger partial charge on any atom is -0.383 e. The number of nitrogens with zero attached hydrogens (tertiary/aromatic N) is 1. The number of pyridine rings is 1. The number of ether oxygens (including phenoxy) is 1. The zero-order valence-electron chi connectivity index (χ0n) is 9.86. The SMILES string of the molecule is CCCOCC(NN)c1c(C)ccnc1N. The Labute approximate surface area is 96.2 Å². The molecule has 0 amide bonds. The molecule has 0 aliphatic carbocycles. The molecule has 1 aromatic rings. The first-order valence-corrected chi connectivity index (χ1v) is 5.45. The standard InChI is InChI=1S/C11H20N4O/c1-3-6-16-7-9(15-13)10-8(2)4-5-14-11(10)12/h4-5,9,15H,3,6-7,13H2,1-2H3,(H2,12,14). The van der Waals surface area contributed by atoms with Gasteiger partial charge in [0.1, 0.15) is 5.82 Å². The Balaban J connectivity index is 2.78. The molecule has 5 heteroatoms. The summed E-state index contributed by atoms with van der Waals surface area (Å²) in [6, 6.07) is 1.80. The second-order valence-corrected chi connectivity index (χ2v) is 3.72. The molecule has 0 saturated carbocycles. The van der Waals surface area contributed by atoms with Gasteiger partial charge in [-0.1, -0.05) is 6.92 Å². The number of aromatic nitrogens is 1. The van der Waals surface area contributed by atoms with Gasteiger partial charge in [0.15, 0.2) is 0 Å². The Morgan fingerprint density at radius 3 is 2.88 bits per heavy atom. The van der Waals surface area contributed by atoms with E-state index in [-0.39, 0.29) is 6.04 Å². The minimum absolute atomic E-state index is 0.111. The van der Waals surface area contributed by atoms with Crippen molar-refractivity contribution in [3.8, 4) is 0 Å². The maximum absolute atomic E-state index is 5.84. The van der Waals surface area contributed by atoms with Crippen LogP contribution in [0.2, 0.25) is 0 Å². The molecule has 1 atom stereocenters. The number of aryl methyl sites for hydroxylation is 1. The summed E-state index contributed by atoms with van der Waals surface area (Å²) in [5, 5.41) is 0. The van der Waals surface area contributed by atoms with Gasteiger partial charge in [0.05, 0.1) is 12.6 Å². The highest BCUT2D eigenvalue weighted by Gasteiger charge is 2.16. The summed E-state index contributed by atoms with van der Waals surface area (Å²) in [7, 11) is 0. The first-order valence-electron chi connectivity index (χ1n) is 5.45. The van der Waals surface area contributed by atoms with Crippen LogP contribution < -0.4 is 17.0 Å². The van der Waals surface area contributed by atoms with Gasteiger partial charge in [-0.05, 0) is 25.0 Å². The Morgan fingerprint density at radius 2 is 2.31 bits per heavy atom. The van der Waals surface area contributed by atoms with Crippen molar-refractivity contribution in [1.29, 1.82) is 0 Å².